The van der Waals surface area contributed by atoms with Crippen molar-refractivity contribution in [3.05, 3.63) is 0 Å². The van der Waals surface area contributed by atoms with Crippen molar-refractivity contribution in [2.45, 2.75) is 39.2 Å². The van der Waals surface area contributed by atoms with Crippen LogP contribution in [0.5, 0.6) is 0 Å². The summed E-state index contributed by atoms with van der Waals surface area (Å²) in [4.78, 5) is 10.8. The van der Waals surface area contributed by atoms with E-state index < -0.39 is 5.60 Å². The largest absolute Gasteiger partial charge is 0.463 e. The van der Waals surface area contributed by atoms with Gasteiger partial charge in [0, 0.05) is 6.42 Å². The summed E-state index contributed by atoms with van der Waals surface area (Å²) in [7, 11) is 0. The van der Waals surface area contributed by atoms with Crippen LogP contribution in [-0.2, 0) is 9.53 Å². The maximum absolute atomic E-state index is 10.8. The van der Waals surface area contributed by atoms with Crippen molar-refractivity contribution in [3.8, 4) is 0 Å². The van der Waals surface area contributed by atoms with Gasteiger partial charge in [0.15, 0.2) is 0 Å². The molecule has 0 bridgehead atoms. The Morgan fingerprint density at radius 1 is 1.55 bits per heavy atom. The predicted molar refractivity (Wildman–Crippen MR) is 42.2 cm³/mol. The number of aliphatic hydroxyl groups is 1. The molecule has 0 unspecified atom stereocenters. The number of carbonyl (C=O) groups is 1. The molecular weight excluding hydrogens is 144 g/mol. The molecule has 0 radical (unpaired) electrons. The predicted octanol–water partition coefficient (Wildman–Crippen LogP) is 1.10. The first-order chi connectivity index (χ1) is 4.95. The Morgan fingerprint density at radius 3 is 2.45 bits per heavy atom. The third-order valence-corrected chi connectivity index (χ3v) is 1.04. The fourth-order valence-electron chi connectivity index (χ4n) is 0.533. The van der Waals surface area contributed by atoms with Crippen molar-refractivity contribution >= 4 is 5.97 Å². The van der Waals surface area contributed by atoms with Crippen molar-refractivity contribution in [1.29, 1.82) is 0 Å². The number of ether oxygens (including phenoxy) is 1. The van der Waals surface area contributed by atoms with E-state index in [4.69, 9.17) is 9.84 Å². The van der Waals surface area contributed by atoms with E-state index in [-0.39, 0.29) is 12.6 Å². The van der Waals surface area contributed by atoms with Gasteiger partial charge in [-0.2, -0.15) is 0 Å². The third kappa shape index (κ3) is 7.33. The minimum Gasteiger partial charge on any atom is -0.463 e. The van der Waals surface area contributed by atoms with Crippen LogP contribution in [0.3, 0.4) is 0 Å². The van der Waals surface area contributed by atoms with Crippen LogP contribution >= 0.6 is 0 Å². The highest BCUT2D eigenvalue weighted by molar-refractivity contribution is 5.69. The van der Waals surface area contributed by atoms with Gasteiger partial charge in [0.25, 0.3) is 0 Å². The highest BCUT2D eigenvalue weighted by atomic mass is 16.5. The van der Waals surface area contributed by atoms with Crippen molar-refractivity contribution < 1.29 is 14.6 Å². The number of esters is 1. The molecule has 11 heavy (non-hydrogen) atoms. The first-order valence-corrected chi connectivity index (χ1v) is 3.83. The highest BCUT2D eigenvalue weighted by Gasteiger charge is 2.14. The summed E-state index contributed by atoms with van der Waals surface area (Å²) < 4.78 is 4.76. The van der Waals surface area contributed by atoms with E-state index in [2.05, 4.69) is 0 Å². The molecule has 0 rings (SSSR count). The summed E-state index contributed by atoms with van der Waals surface area (Å²) in [6.07, 6.45) is 1.21. The fourth-order valence-corrected chi connectivity index (χ4v) is 0.533. The lowest BCUT2D eigenvalue weighted by Gasteiger charge is -2.16. The molecule has 0 spiro atoms. The van der Waals surface area contributed by atoms with Gasteiger partial charge in [-0.15, -0.1) is 0 Å². The summed E-state index contributed by atoms with van der Waals surface area (Å²) in [6, 6.07) is 0. The molecule has 0 aliphatic heterocycles. The summed E-state index contributed by atoms with van der Waals surface area (Å²) in [5.41, 5.74) is -0.913. The van der Waals surface area contributed by atoms with E-state index in [1.807, 2.05) is 6.92 Å². The van der Waals surface area contributed by atoms with E-state index in [1.54, 1.807) is 13.8 Å². The second-order valence-electron chi connectivity index (χ2n) is 3.22. The molecule has 0 amide bonds. The molecule has 0 saturated heterocycles. The van der Waals surface area contributed by atoms with Crippen molar-refractivity contribution in [1.82, 2.24) is 0 Å². The molecule has 0 aromatic carbocycles. The van der Waals surface area contributed by atoms with Crippen molar-refractivity contribution in [3.63, 3.8) is 0 Å². The minimum absolute atomic E-state index is 0.0752. The van der Waals surface area contributed by atoms with Crippen LogP contribution in [0.4, 0.5) is 0 Å². The molecule has 3 nitrogen and oxygen atoms in total. The molecule has 0 saturated carbocycles. The molecule has 0 heterocycles. The van der Waals surface area contributed by atoms with E-state index in [0.717, 1.165) is 6.42 Å². The monoisotopic (exact) mass is 160 g/mol. The molecule has 66 valence electrons. The molecule has 1 N–H and O–H groups in total. The van der Waals surface area contributed by atoms with Crippen LogP contribution in [0.25, 0.3) is 0 Å². The van der Waals surface area contributed by atoms with Crippen LogP contribution < -0.4 is 0 Å². The molecule has 0 atom stereocenters. The Morgan fingerprint density at radius 2 is 2.09 bits per heavy atom. The molecular formula is C8H16O3. The Bertz CT molecular complexity index is 124. The molecule has 0 aliphatic carbocycles. The Hall–Kier alpha value is -0.570. The first-order valence-electron chi connectivity index (χ1n) is 3.83. The smallest absolute Gasteiger partial charge is 0.305 e. The van der Waals surface area contributed by atoms with Gasteiger partial charge in [0.05, 0.1) is 5.60 Å². The fraction of sp³-hybridized carbons (Fsp3) is 0.875. The Kier molecular flexibility index (Phi) is 4.11. The summed E-state index contributed by atoms with van der Waals surface area (Å²) >= 11 is 0. The minimum atomic E-state index is -0.913. The number of carbonyl (C=O) groups excluding carboxylic acids is 1. The van der Waals surface area contributed by atoms with E-state index >= 15 is 0 Å². The maximum atomic E-state index is 10.8. The lowest BCUT2D eigenvalue weighted by Crippen LogP contribution is -2.27. The van der Waals surface area contributed by atoms with Gasteiger partial charge in [-0.1, -0.05) is 6.92 Å². The molecule has 3 heteroatoms. The van der Waals surface area contributed by atoms with Gasteiger partial charge < -0.3 is 9.84 Å². The first kappa shape index (κ1) is 10.4. The molecule has 0 aromatic rings. The van der Waals surface area contributed by atoms with Gasteiger partial charge in [-0.05, 0) is 20.3 Å². The lowest BCUT2D eigenvalue weighted by atomic mass is 10.2. The molecule has 0 aliphatic rings. The van der Waals surface area contributed by atoms with E-state index in [9.17, 15) is 4.79 Å². The zero-order valence-corrected chi connectivity index (χ0v) is 7.39. The van der Waals surface area contributed by atoms with E-state index in [1.165, 1.54) is 0 Å². The van der Waals surface area contributed by atoms with Gasteiger partial charge in [-0.25, -0.2) is 0 Å². The SMILES string of the molecule is CCCC(=O)OCC(C)(C)O. The number of hydrogen-bond acceptors (Lipinski definition) is 3. The summed E-state index contributed by atoms with van der Waals surface area (Å²) in [5, 5.41) is 9.16. The zero-order chi connectivity index (χ0) is 8.91. The maximum Gasteiger partial charge on any atom is 0.305 e. The van der Waals surface area contributed by atoms with Crippen LogP contribution in [-0.4, -0.2) is 23.3 Å². The lowest BCUT2D eigenvalue weighted by molar-refractivity contribution is -0.149. The van der Waals surface area contributed by atoms with Crippen LogP contribution in [0, 0.1) is 0 Å². The second kappa shape index (κ2) is 4.34. The highest BCUT2D eigenvalue weighted by Crippen LogP contribution is 2.02. The number of rotatable bonds is 4. The summed E-state index contributed by atoms with van der Waals surface area (Å²) in [6.45, 7) is 5.19. The molecule has 0 aromatic heterocycles. The van der Waals surface area contributed by atoms with Crippen LogP contribution in [0.2, 0.25) is 0 Å². The standard InChI is InChI=1S/C8H16O3/c1-4-5-7(9)11-6-8(2,3)10/h10H,4-6H2,1-3H3. The van der Waals surface area contributed by atoms with Crippen LogP contribution in [0.1, 0.15) is 33.6 Å². The van der Waals surface area contributed by atoms with Gasteiger partial charge in [-0.3, -0.25) is 4.79 Å². The van der Waals surface area contributed by atoms with Crippen molar-refractivity contribution in [2.24, 2.45) is 0 Å². The Balaban J connectivity index is 3.46. The van der Waals surface area contributed by atoms with Gasteiger partial charge >= 0.3 is 5.97 Å². The Labute approximate surface area is 67.4 Å². The summed E-state index contributed by atoms with van der Waals surface area (Å²) in [5.74, 6) is -0.241. The quantitative estimate of drug-likeness (QED) is 0.626. The third-order valence-electron chi connectivity index (χ3n) is 1.04. The number of hydrogen-bond donors (Lipinski definition) is 1. The topological polar surface area (TPSA) is 46.5 Å². The van der Waals surface area contributed by atoms with Gasteiger partial charge in [0.1, 0.15) is 6.61 Å². The zero-order valence-electron chi connectivity index (χ0n) is 7.39. The average Bonchev–Trinajstić information content (AvgIpc) is 1.83. The normalized spacial score (nSPS) is 11.3. The van der Waals surface area contributed by atoms with E-state index in [0.29, 0.717) is 6.42 Å². The molecule has 0 fully saturated rings. The average molecular weight is 160 g/mol. The van der Waals surface area contributed by atoms with Crippen LogP contribution in [0.15, 0.2) is 0 Å². The van der Waals surface area contributed by atoms with Crippen molar-refractivity contribution in [2.75, 3.05) is 6.61 Å². The van der Waals surface area contributed by atoms with Gasteiger partial charge in [0.2, 0.25) is 0 Å². The second-order valence-corrected chi connectivity index (χ2v) is 3.22.